The van der Waals surface area contributed by atoms with E-state index in [1.54, 1.807) is 24.3 Å². The molecule has 28 heavy (non-hydrogen) atoms. The molecule has 0 atom stereocenters. The summed E-state index contributed by atoms with van der Waals surface area (Å²) in [5, 5.41) is 11.7. The number of carbonyl (C=O) groups excluding carboxylic acids is 1. The van der Waals surface area contributed by atoms with Crippen LogP contribution in [0.25, 0.3) is 0 Å². The first-order chi connectivity index (χ1) is 13.7. The quantitative estimate of drug-likeness (QED) is 0.706. The van der Waals surface area contributed by atoms with Gasteiger partial charge in [0, 0.05) is 17.3 Å². The van der Waals surface area contributed by atoms with Crippen molar-refractivity contribution in [1.29, 1.82) is 0 Å². The number of nitrogens with one attached hydrogen (secondary N) is 1. The molecule has 0 saturated carbocycles. The second kappa shape index (κ2) is 7.86. The SMILES string of the molecule is COc1ccc(Cl)cc1NC(=O)c1ccc(N2CCCc3ccccc32)nn1. The Hall–Kier alpha value is -3.12. The van der Waals surface area contributed by atoms with Gasteiger partial charge in [0.25, 0.3) is 5.91 Å². The van der Waals surface area contributed by atoms with Crippen LogP contribution in [0.3, 0.4) is 0 Å². The largest absolute Gasteiger partial charge is 0.495 e. The second-order valence-electron chi connectivity index (χ2n) is 6.46. The molecule has 0 aliphatic carbocycles. The standard InChI is InChI=1S/C21H19ClN4O2/c1-28-19-10-8-15(22)13-17(19)23-21(27)16-9-11-20(25-24-16)26-12-4-6-14-5-2-3-7-18(14)26/h2-3,5,7-11,13H,4,6,12H2,1H3,(H,23,27). The van der Waals surface area contributed by atoms with Gasteiger partial charge >= 0.3 is 0 Å². The van der Waals surface area contributed by atoms with Crippen molar-refractivity contribution in [2.45, 2.75) is 12.8 Å². The zero-order chi connectivity index (χ0) is 19.5. The zero-order valence-electron chi connectivity index (χ0n) is 15.4. The Morgan fingerprint density at radius 1 is 1.14 bits per heavy atom. The summed E-state index contributed by atoms with van der Waals surface area (Å²) in [5.41, 5.74) is 3.14. The van der Waals surface area contributed by atoms with Crippen LogP contribution in [0, 0.1) is 0 Å². The van der Waals surface area contributed by atoms with Crippen LogP contribution in [0.2, 0.25) is 5.02 Å². The van der Waals surface area contributed by atoms with Crippen molar-refractivity contribution in [3.8, 4) is 5.75 Å². The smallest absolute Gasteiger partial charge is 0.276 e. The molecular weight excluding hydrogens is 376 g/mol. The molecule has 0 radical (unpaired) electrons. The third-order valence-electron chi connectivity index (χ3n) is 4.68. The molecule has 0 spiro atoms. The van der Waals surface area contributed by atoms with E-state index < -0.39 is 0 Å². The fraction of sp³-hybridized carbons (Fsp3) is 0.190. The van der Waals surface area contributed by atoms with Crippen molar-refractivity contribution in [2.24, 2.45) is 0 Å². The summed E-state index contributed by atoms with van der Waals surface area (Å²) in [6, 6.07) is 16.8. The number of aromatic nitrogens is 2. The molecule has 0 bridgehead atoms. The summed E-state index contributed by atoms with van der Waals surface area (Å²) in [6.07, 6.45) is 2.11. The lowest BCUT2D eigenvalue weighted by molar-refractivity contribution is 0.102. The molecule has 1 amide bonds. The molecular formula is C21H19ClN4O2. The van der Waals surface area contributed by atoms with Crippen molar-refractivity contribution < 1.29 is 9.53 Å². The van der Waals surface area contributed by atoms with Gasteiger partial charge in [-0.15, -0.1) is 10.2 Å². The van der Waals surface area contributed by atoms with Gasteiger partial charge in [0.2, 0.25) is 0 Å². The van der Waals surface area contributed by atoms with Crippen LogP contribution < -0.4 is 15.0 Å². The third-order valence-corrected chi connectivity index (χ3v) is 4.91. The van der Waals surface area contributed by atoms with Crippen LogP contribution in [-0.2, 0) is 6.42 Å². The lowest BCUT2D eigenvalue weighted by atomic mass is 10.0. The number of rotatable bonds is 4. The zero-order valence-corrected chi connectivity index (χ0v) is 16.1. The van der Waals surface area contributed by atoms with E-state index in [4.69, 9.17) is 16.3 Å². The maximum atomic E-state index is 12.6. The van der Waals surface area contributed by atoms with E-state index in [1.165, 1.54) is 12.7 Å². The molecule has 142 valence electrons. The highest BCUT2D eigenvalue weighted by Gasteiger charge is 2.20. The molecule has 2 aromatic carbocycles. The minimum atomic E-state index is -0.376. The molecule has 4 rings (SSSR count). The number of benzene rings is 2. The predicted molar refractivity (Wildman–Crippen MR) is 110 cm³/mol. The molecule has 3 aromatic rings. The van der Waals surface area contributed by atoms with Gasteiger partial charge in [-0.05, 0) is 54.8 Å². The van der Waals surface area contributed by atoms with Crippen molar-refractivity contribution in [1.82, 2.24) is 10.2 Å². The lowest BCUT2D eigenvalue weighted by Gasteiger charge is -2.29. The summed E-state index contributed by atoms with van der Waals surface area (Å²) >= 11 is 6.01. The van der Waals surface area contributed by atoms with Crippen molar-refractivity contribution in [3.63, 3.8) is 0 Å². The molecule has 1 aliphatic heterocycles. The summed E-state index contributed by atoms with van der Waals surface area (Å²) < 4.78 is 5.25. The van der Waals surface area contributed by atoms with E-state index in [-0.39, 0.29) is 11.6 Å². The molecule has 2 heterocycles. The highest BCUT2D eigenvalue weighted by atomic mass is 35.5. The fourth-order valence-corrected chi connectivity index (χ4v) is 3.50. The van der Waals surface area contributed by atoms with E-state index in [0.717, 1.165) is 30.9 Å². The van der Waals surface area contributed by atoms with Gasteiger partial charge in [0.05, 0.1) is 12.8 Å². The number of methoxy groups -OCH3 is 1. The first-order valence-electron chi connectivity index (χ1n) is 9.00. The van der Waals surface area contributed by atoms with Gasteiger partial charge in [0.15, 0.2) is 11.5 Å². The fourth-order valence-electron chi connectivity index (χ4n) is 3.33. The van der Waals surface area contributed by atoms with E-state index in [1.807, 2.05) is 18.2 Å². The van der Waals surface area contributed by atoms with E-state index >= 15 is 0 Å². The van der Waals surface area contributed by atoms with E-state index in [0.29, 0.717) is 16.5 Å². The minimum absolute atomic E-state index is 0.219. The first kappa shape index (κ1) is 18.3. The molecule has 6 nitrogen and oxygen atoms in total. The Labute approximate surface area is 168 Å². The number of hydrogen-bond acceptors (Lipinski definition) is 5. The number of hydrogen-bond donors (Lipinski definition) is 1. The van der Waals surface area contributed by atoms with Crippen LogP contribution >= 0.6 is 11.6 Å². The van der Waals surface area contributed by atoms with Crippen molar-refractivity contribution in [2.75, 3.05) is 23.9 Å². The molecule has 1 N–H and O–H groups in total. The molecule has 1 aliphatic rings. The minimum Gasteiger partial charge on any atom is -0.495 e. The van der Waals surface area contributed by atoms with Crippen LogP contribution in [-0.4, -0.2) is 29.8 Å². The first-order valence-corrected chi connectivity index (χ1v) is 9.37. The molecule has 7 heteroatoms. The average molecular weight is 395 g/mol. The number of carbonyl (C=O) groups is 1. The lowest BCUT2D eigenvalue weighted by Crippen LogP contribution is -2.26. The predicted octanol–water partition coefficient (Wildman–Crippen LogP) is 4.48. The number of para-hydroxylation sites is 1. The van der Waals surface area contributed by atoms with Crippen molar-refractivity contribution in [3.05, 3.63) is 70.9 Å². The molecule has 0 fully saturated rings. The van der Waals surface area contributed by atoms with Gasteiger partial charge in [-0.2, -0.15) is 0 Å². The Morgan fingerprint density at radius 2 is 2.00 bits per heavy atom. The molecule has 0 saturated heterocycles. The monoisotopic (exact) mass is 394 g/mol. The van der Waals surface area contributed by atoms with Gasteiger partial charge in [0.1, 0.15) is 5.75 Å². The number of ether oxygens (including phenoxy) is 1. The Morgan fingerprint density at radius 3 is 2.79 bits per heavy atom. The second-order valence-corrected chi connectivity index (χ2v) is 6.90. The number of amides is 1. The Bertz CT molecular complexity index is 1010. The number of nitrogens with zero attached hydrogens (tertiary/aromatic N) is 3. The molecule has 0 unspecified atom stereocenters. The maximum absolute atomic E-state index is 12.6. The van der Waals surface area contributed by atoms with Crippen LogP contribution in [0.5, 0.6) is 5.75 Å². The highest BCUT2D eigenvalue weighted by Crippen LogP contribution is 2.32. The topological polar surface area (TPSA) is 67.3 Å². The number of aryl methyl sites for hydroxylation is 1. The highest BCUT2D eigenvalue weighted by molar-refractivity contribution is 6.31. The summed E-state index contributed by atoms with van der Waals surface area (Å²) in [5.74, 6) is 0.870. The Kier molecular flexibility index (Phi) is 5.12. The summed E-state index contributed by atoms with van der Waals surface area (Å²) in [4.78, 5) is 14.7. The number of halogens is 1. The number of fused-ring (bicyclic) bond motifs is 1. The average Bonchev–Trinajstić information content (AvgIpc) is 2.73. The van der Waals surface area contributed by atoms with Crippen molar-refractivity contribution >= 4 is 34.7 Å². The number of anilines is 3. The molecule has 1 aromatic heterocycles. The van der Waals surface area contributed by atoms with Gasteiger partial charge in [-0.3, -0.25) is 4.79 Å². The third kappa shape index (κ3) is 3.64. The van der Waals surface area contributed by atoms with E-state index in [2.05, 4.69) is 32.5 Å². The van der Waals surface area contributed by atoms with Crippen LogP contribution in [0.1, 0.15) is 22.5 Å². The normalized spacial score (nSPS) is 13.0. The van der Waals surface area contributed by atoms with Gasteiger partial charge < -0.3 is 15.0 Å². The Balaban J connectivity index is 1.54. The van der Waals surface area contributed by atoms with Crippen LogP contribution in [0.15, 0.2) is 54.6 Å². The van der Waals surface area contributed by atoms with Gasteiger partial charge in [-0.1, -0.05) is 29.8 Å². The van der Waals surface area contributed by atoms with Crippen LogP contribution in [0.4, 0.5) is 17.2 Å². The summed E-state index contributed by atoms with van der Waals surface area (Å²) in [6.45, 7) is 0.872. The maximum Gasteiger partial charge on any atom is 0.276 e. The van der Waals surface area contributed by atoms with Gasteiger partial charge in [-0.25, -0.2) is 0 Å². The summed E-state index contributed by atoms with van der Waals surface area (Å²) in [7, 11) is 1.53. The van der Waals surface area contributed by atoms with E-state index in [9.17, 15) is 4.79 Å².